The minimum atomic E-state index is -0.170. The number of para-hydroxylation sites is 2. The fraction of sp³-hybridized carbons (Fsp3) is 0.286. The predicted octanol–water partition coefficient (Wildman–Crippen LogP) is 6.14. The molecule has 4 rings (SSSR count). The first-order valence-corrected chi connectivity index (χ1v) is 12.1. The van der Waals surface area contributed by atoms with Crippen molar-refractivity contribution in [2.45, 2.75) is 39.7 Å². The molecule has 0 fully saturated rings. The average Bonchev–Trinajstić information content (AvgIpc) is 3.17. The Kier molecular flexibility index (Phi) is 7.86. The van der Waals surface area contributed by atoms with Crippen molar-refractivity contribution in [3.63, 3.8) is 0 Å². The van der Waals surface area contributed by atoms with Crippen LogP contribution in [-0.4, -0.2) is 28.6 Å². The molecule has 0 aliphatic rings. The highest BCUT2D eigenvalue weighted by Crippen LogP contribution is 2.20. The molecular weight excluding hydrogens is 446 g/mol. The van der Waals surface area contributed by atoms with Gasteiger partial charge in [0.1, 0.15) is 11.6 Å². The van der Waals surface area contributed by atoms with Crippen LogP contribution in [0.25, 0.3) is 11.0 Å². The molecule has 0 aliphatic carbocycles. The number of carbonyl (C=O) groups excluding carboxylic acids is 1. The molecule has 1 heterocycles. The van der Waals surface area contributed by atoms with Gasteiger partial charge in [-0.05, 0) is 62.6 Å². The zero-order valence-corrected chi connectivity index (χ0v) is 20.4. The van der Waals surface area contributed by atoms with Crippen LogP contribution < -0.4 is 10.1 Å². The minimum absolute atomic E-state index is 0.170. The number of aromatic nitrogens is 2. The van der Waals surface area contributed by atoms with Crippen molar-refractivity contribution in [1.82, 2.24) is 14.9 Å². The number of amides is 1. The molecule has 0 saturated heterocycles. The molecule has 0 aliphatic heterocycles. The van der Waals surface area contributed by atoms with Crippen molar-refractivity contribution in [3.05, 3.63) is 94.3 Å². The summed E-state index contributed by atoms with van der Waals surface area (Å²) in [7, 11) is 0. The molecule has 176 valence electrons. The molecule has 3 aromatic carbocycles. The number of nitrogens with zero attached hydrogens (tertiary/aromatic N) is 2. The number of halogens is 1. The zero-order chi connectivity index (χ0) is 23.9. The molecule has 34 heavy (non-hydrogen) atoms. The number of hydrogen-bond acceptors (Lipinski definition) is 3. The summed E-state index contributed by atoms with van der Waals surface area (Å²) in [6.07, 6.45) is 2.57. The molecule has 0 spiro atoms. The molecule has 1 amide bonds. The van der Waals surface area contributed by atoms with Gasteiger partial charge in [0.15, 0.2) is 0 Å². The van der Waals surface area contributed by atoms with Gasteiger partial charge in [-0.1, -0.05) is 53.6 Å². The maximum atomic E-state index is 12.5. The van der Waals surface area contributed by atoms with Crippen molar-refractivity contribution in [2.24, 2.45) is 0 Å². The smallest absolute Gasteiger partial charge is 0.252 e. The summed E-state index contributed by atoms with van der Waals surface area (Å²) in [5, 5.41) is 3.42. The summed E-state index contributed by atoms with van der Waals surface area (Å²) in [6.45, 7) is 6.19. The quantitative estimate of drug-likeness (QED) is 0.280. The van der Waals surface area contributed by atoms with Crippen molar-refractivity contribution < 1.29 is 9.53 Å². The largest absolute Gasteiger partial charge is 0.493 e. The summed E-state index contributed by atoms with van der Waals surface area (Å²) in [4.78, 5) is 17.3. The van der Waals surface area contributed by atoms with E-state index in [1.54, 1.807) is 12.1 Å². The lowest BCUT2D eigenvalue weighted by atomic mass is 10.1. The summed E-state index contributed by atoms with van der Waals surface area (Å²) in [6, 6.07) is 21.5. The maximum absolute atomic E-state index is 12.5. The molecule has 6 heteroatoms. The molecule has 4 aromatic rings. The first kappa shape index (κ1) is 23.8. The van der Waals surface area contributed by atoms with E-state index in [0.717, 1.165) is 42.0 Å². The van der Waals surface area contributed by atoms with Crippen molar-refractivity contribution in [1.29, 1.82) is 0 Å². The number of nitrogens with one attached hydrogen (secondary N) is 1. The molecule has 0 saturated carbocycles. The van der Waals surface area contributed by atoms with Gasteiger partial charge in [0.05, 0.1) is 28.2 Å². The normalized spacial score (nSPS) is 11.0. The number of imidazole rings is 1. The van der Waals surface area contributed by atoms with E-state index in [0.29, 0.717) is 30.2 Å². The Morgan fingerprint density at radius 2 is 1.82 bits per heavy atom. The fourth-order valence-electron chi connectivity index (χ4n) is 4.11. The number of benzene rings is 3. The Bertz CT molecular complexity index is 1280. The second kappa shape index (κ2) is 11.2. The van der Waals surface area contributed by atoms with Crippen LogP contribution in [0.4, 0.5) is 0 Å². The van der Waals surface area contributed by atoms with E-state index in [2.05, 4.69) is 41.9 Å². The maximum Gasteiger partial charge on any atom is 0.252 e. The van der Waals surface area contributed by atoms with Crippen molar-refractivity contribution in [2.75, 3.05) is 13.2 Å². The molecular formula is C28H30ClN3O2. The van der Waals surface area contributed by atoms with Gasteiger partial charge in [-0.2, -0.15) is 0 Å². The van der Waals surface area contributed by atoms with Gasteiger partial charge in [0.25, 0.3) is 5.91 Å². The molecule has 1 N–H and O–H groups in total. The molecule has 0 bridgehead atoms. The molecule has 5 nitrogen and oxygen atoms in total. The Hall–Kier alpha value is -3.31. The van der Waals surface area contributed by atoms with Gasteiger partial charge in [-0.25, -0.2) is 4.98 Å². The average molecular weight is 476 g/mol. The van der Waals surface area contributed by atoms with Gasteiger partial charge in [-0.15, -0.1) is 0 Å². The van der Waals surface area contributed by atoms with E-state index in [1.165, 1.54) is 11.1 Å². The highest BCUT2D eigenvalue weighted by molar-refractivity contribution is 6.33. The van der Waals surface area contributed by atoms with E-state index in [9.17, 15) is 4.79 Å². The fourth-order valence-corrected chi connectivity index (χ4v) is 4.33. The molecule has 0 unspecified atom stereocenters. The topological polar surface area (TPSA) is 56.1 Å². The predicted molar refractivity (Wildman–Crippen MR) is 138 cm³/mol. The van der Waals surface area contributed by atoms with Gasteiger partial charge >= 0.3 is 0 Å². The summed E-state index contributed by atoms with van der Waals surface area (Å²) >= 11 is 6.14. The third-order valence-electron chi connectivity index (χ3n) is 5.85. The van der Waals surface area contributed by atoms with E-state index >= 15 is 0 Å². The molecule has 0 radical (unpaired) electrons. The number of unbranched alkanes of at least 4 members (excludes halogenated alkanes) is 1. The van der Waals surface area contributed by atoms with Gasteiger partial charge in [0, 0.05) is 19.5 Å². The zero-order valence-electron chi connectivity index (χ0n) is 19.7. The Balaban J connectivity index is 1.34. The third kappa shape index (κ3) is 5.78. The Labute approximate surface area is 205 Å². The van der Waals surface area contributed by atoms with Gasteiger partial charge in [-0.3, -0.25) is 4.79 Å². The van der Waals surface area contributed by atoms with Crippen LogP contribution in [0.2, 0.25) is 5.02 Å². The summed E-state index contributed by atoms with van der Waals surface area (Å²) in [5.74, 6) is 1.75. The van der Waals surface area contributed by atoms with E-state index in [4.69, 9.17) is 21.3 Å². The number of aryl methyl sites for hydroxylation is 3. The molecule has 1 aromatic heterocycles. The van der Waals surface area contributed by atoms with Gasteiger partial charge in [0.2, 0.25) is 0 Å². The lowest BCUT2D eigenvalue weighted by molar-refractivity contribution is 0.0954. The number of carbonyl (C=O) groups is 1. The van der Waals surface area contributed by atoms with E-state index in [1.807, 2.05) is 36.4 Å². The van der Waals surface area contributed by atoms with Crippen LogP contribution in [0, 0.1) is 13.8 Å². The summed E-state index contributed by atoms with van der Waals surface area (Å²) in [5.41, 5.74) is 4.99. The minimum Gasteiger partial charge on any atom is -0.493 e. The monoisotopic (exact) mass is 475 g/mol. The lowest BCUT2D eigenvalue weighted by Crippen LogP contribution is -2.26. The molecule has 0 atom stereocenters. The third-order valence-corrected chi connectivity index (χ3v) is 6.18. The highest BCUT2D eigenvalue weighted by Gasteiger charge is 2.12. The second-order valence-corrected chi connectivity index (χ2v) is 8.89. The van der Waals surface area contributed by atoms with Crippen LogP contribution in [0.1, 0.15) is 40.2 Å². The first-order valence-electron chi connectivity index (χ1n) is 11.7. The SMILES string of the molecule is Cc1ccc(OCCCCn2c(CCNC(=O)c3ccccc3Cl)nc3ccccc32)c(C)c1. The summed E-state index contributed by atoms with van der Waals surface area (Å²) < 4.78 is 8.25. The van der Waals surface area contributed by atoms with Crippen LogP contribution in [-0.2, 0) is 13.0 Å². The Morgan fingerprint density at radius 3 is 2.65 bits per heavy atom. The number of hydrogen-bond donors (Lipinski definition) is 1. The van der Waals surface area contributed by atoms with E-state index in [-0.39, 0.29) is 5.91 Å². The number of ether oxygens (including phenoxy) is 1. The van der Waals surface area contributed by atoms with Crippen LogP contribution in [0.3, 0.4) is 0 Å². The van der Waals surface area contributed by atoms with E-state index < -0.39 is 0 Å². The standard InChI is InChI=1S/C28H30ClN3O2/c1-20-13-14-26(21(2)19-20)34-18-8-7-17-32-25-12-6-5-11-24(25)31-27(32)15-16-30-28(33)22-9-3-4-10-23(22)29/h3-6,9-14,19H,7-8,15-18H2,1-2H3,(H,30,33). The van der Waals surface area contributed by atoms with Crippen LogP contribution in [0.5, 0.6) is 5.75 Å². The second-order valence-electron chi connectivity index (χ2n) is 8.48. The number of fused-ring (bicyclic) bond motifs is 1. The Morgan fingerprint density at radius 1 is 1.03 bits per heavy atom. The van der Waals surface area contributed by atoms with Crippen molar-refractivity contribution >= 4 is 28.5 Å². The lowest BCUT2D eigenvalue weighted by Gasteiger charge is -2.12. The highest BCUT2D eigenvalue weighted by atomic mass is 35.5. The van der Waals surface area contributed by atoms with Crippen LogP contribution in [0.15, 0.2) is 66.7 Å². The van der Waals surface area contributed by atoms with Crippen molar-refractivity contribution in [3.8, 4) is 5.75 Å². The van der Waals surface area contributed by atoms with Crippen LogP contribution >= 0.6 is 11.6 Å². The first-order chi connectivity index (χ1) is 16.5. The van der Waals surface area contributed by atoms with Gasteiger partial charge < -0.3 is 14.6 Å². The number of rotatable bonds is 10.